The topological polar surface area (TPSA) is 49.3 Å². The lowest BCUT2D eigenvalue weighted by Crippen LogP contribution is -2.42. The van der Waals surface area contributed by atoms with E-state index in [4.69, 9.17) is 11.6 Å². The van der Waals surface area contributed by atoms with Crippen LogP contribution in [0.2, 0.25) is 5.02 Å². The van der Waals surface area contributed by atoms with E-state index in [1.807, 2.05) is 30.5 Å². The van der Waals surface area contributed by atoms with Gasteiger partial charge in [-0.2, -0.15) is 0 Å². The average molecular weight is 487 g/mol. The van der Waals surface area contributed by atoms with E-state index in [1.54, 1.807) is 7.05 Å². The quantitative estimate of drug-likeness (QED) is 0.357. The zero-order valence-electron chi connectivity index (χ0n) is 15.8. The molecule has 2 rings (SSSR count). The van der Waals surface area contributed by atoms with Crippen LogP contribution in [0.3, 0.4) is 0 Å². The smallest absolute Gasteiger partial charge is 0.191 e. The fourth-order valence-electron chi connectivity index (χ4n) is 2.68. The highest BCUT2D eigenvalue weighted by molar-refractivity contribution is 14.0. The molecule has 0 aliphatic heterocycles. The molecule has 0 bridgehead atoms. The number of guanidine groups is 1. The van der Waals surface area contributed by atoms with Crippen LogP contribution in [-0.2, 0) is 13.0 Å². The normalized spacial score (nSPS) is 11.7. The molecular formula is C20H28ClIN4. The molecule has 0 unspecified atom stereocenters. The summed E-state index contributed by atoms with van der Waals surface area (Å²) in [5.74, 6) is 0.782. The van der Waals surface area contributed by atoms with Crippen molar-refractivity contribution in [2.45, 2.75) is 33.7 Å². The van der Waals surface area contributed by atoms with Gasteiger partial charge in [-0.25, -0.2) is 0 Å². The minimum Gasteiger partial charge on any atom is -0.356 e. The van der Waals surface area contributed by atoms with Crippen LogP contribution in [-0.4, -0.2) is 24.5 Å². The molecule has 4 nitrogen and oxygen atoms in total. The summed E-state index contributed by atoms with van der Waals surface area (Å²) in [6, 6.07) is 12.1. The molecule has 6 heteroatoms. The fourth-order valence-corrected chi connectivity index (χ4v) is 2.89. The molecule has 0 saturated heterocycles. The fraction of sp³-hybridized carbons (Fsp3) is 0.400. The third-order valence-corrected chi connectivity index (χ3v) is 4.31. The van der Waals surface area contributed by atoms with Crippen molar-refractivity contribution in [2.75, 3.05) is 13.6 Å². The summed E-state index contributed by atoms with van der Waals surface area (Å²) in [4.78, 5) is 8.70. The van der Waals surface area contributed by atoms with Gasteiger partial charge in [0.2, 0.25) is 0 Å². The van der Waals surface area contributed by atoms with E-state index in [1.165, 1.54) is 11.1 Å². The summed E-state index contributed by atoms with van der Waals surface area (Å²) in [5, 5.41) is 7.52. The van der Waals surface area contributed by atoms with Gasteiger partial charge < -0.3 is 10.6 Å². The highest BCUT2D eigenvalue weighted by Gasteiger charge is 2.19. The van der Waals surface area contributed by atoms with Crippen molar-refractivity contribution in [3.05, 3.63) is 64.4 Å². The van der Waals surface area contributed by atoms with Gasteiger partial charge in [-0.1, -0.05) is 43.6 Å². The van der Waals surface area contributed by atoms with Gasteiger partial charge in [0, 0.05) is 24.8 Å². The minimum atomic E-state index is 0. The summed E-state index contributed by atoms with van der Waals surface area (Å²) in [7, 11) is 1.78. The maximum Gasteiger partial charge on any atom is 0.191 e. The predicted octanol–water partition coefficient (Wildman–Crippen LogP) is 4.60. The first kappa shape index (κ1) is 22.7. The minimum absolute atomic E-state index is 0. The molecule has 0 amide bonds. The Balaban J connectivity index is 0.00000338. The number of aryl methyl sites for hydroxylation is 1. The van der Waals surface area contributed by atoms with Crippen molar-refractivity contribution in [1.29, 1.82) is 0 Å². The predicted molar refractivity (Wildman–Crippen MR) is 122 cm³/mol. The van der Waals surface area contributed by atoms with E-state index in [2.05, 4.69) is 53.5 Å². The van der Waals surface area contributed by atoms with E-state index in [9.17, 15) is 0 Å². The van der Waals surface area contributed by atoms with Crippen LogP contribution in [0.25, 0.3) is 0 Å². The number of rotatable bonds is 6. The van der Waals surface area contributed by atoms with Crippen LogP contribution in [0.1, 0.15) is 30.7 Å². The molecule has 0 fully saturated rings. The third-order valence-electron chi connectivity index (χ3n) is 4.07. The summed E-state index contributed by atoms with van der Waals surface area (Å²) in [6.45, 7) is 7.99. The Bertz CT molecular complexity index is 731. The number of nitrogens with one attached hydrogen (secondary N) is 2. The number of nitrogens with zero attached hydrogens (tertiary/aromatic N) is 2. The maximum absolute atomic E-state index is 6.09. The number of aromatic nitrogens is 1. The van der Waals surface area contributed by atoms with Crippen molar-refractivity contribution in [3.8, 4) is 0 Å². The van der Waals surface area contributed by atoms with Crippen LogP contribution >= 0.6 is 35.6 Å². The Labute approximate surface area is 178 Å². The monoisotopic (exact) mass is 486 g/mol. The Morgan fingerprint density at radius 1 is 1.19 bits per heavy atom. The van der Waals surface area contributed by atoms with Gasteiger partial charge in [0.05, 0.1) is 12.2 Å². The van der Waals surface area contributed by atoms with Gasteiger partial charge in [-0.15, -0.1) is 24.0 Å². The van der Waals surface area contributed by atoms with E-state index in [0.717, 1.165) is 29.6 Å². The molecule has 0 atom stereocenters. The zero-order valence-corrected chi connectivity index (χ0v) is 18.9. The van der Waals surface area contributed by atoms with Gasteiger partial charge in [-0.05, 0) is 48.1 Å². The Morgan fingerprint density at radius 2 is 1.96 bits per heavy atom. The zero-order chi connectivity index (χ0) is 18.3. The van der Waals surface area contributed by atoms with Crippen molar-refractivity contribution >= 4 is 41.5 Å². The highest BCUT2D eigenvalue weighted by Crippen LogP contribution is 2.22. The van der Waals surface area contributed by atoms with Gasteiger partial charge >= 0.3 is 0 Å². The molecule has 1 aromatic carbocycles. The largest absolute Gasteiger partial charge is 0.356 e. The number of hydrogen-bond donors (Lipinski definition) is 2. The van der Waals surface area contributed by atoms with E-state index >= 15 is 0 Å². The Hall–Kier alpha value is -1.34. The SMILES string of the molecule is CN=C(NCc1ncccc1C)NCC(C)(C)Cc1cccc(Cl)c1.I. The second kappa shape index (κ2) is 10.7. The van der Waals surface area contributed by atoms with Crippen molar-refractivity contribution in [1.82, 2.24) is 15.6 Å². The summed E-state index contributed by atoms with van der Waals surface area (Å²) in [5.41, 5.74) is 3.52. The molecule has 2 N–H and O–H groups in total. The molecule has 142 valence electrons. The summed E-state index contributed by atoms with van der Waals surface area (Å²) >= 11 is 6.09. The van der Waals surface area contributed by atoms with Crippen LogP contribution in [0, 0.1) is 12.3 Å². The number of benzene rings is 1. The Kier molecular flexibility index (Phi) is 9.36. The van der Waals surface area contributed by atoms with E-state index in [0.29, 0.717) is 6.54 Å². The molecule has 0 radical (unpaired) electrons. The van der Waals surface area contributed by atoms with Crippen LogP contribution in [0.15, 0.2) is 47.6 Å². The highest BCUT2D eigenvalue weighted by atomic mass is 127. The van der Waals surface area contributed by atoms with Crippen molar-refractivity contribution < 1.29 is 0 Å². The van der Waals surface area contributed by atoms with Gasteiger partial charge in [-0.3, -0.25) is 9.98 Å². The van der Waals surface area contributed by atoms with Crippen molar-refractivity contribution in [3.63, 3.8) is 0 Å². The molecule has 1 heterocycles. The maximum atomic E-state index is 6.09. The summed E-state index contributed by atoms with van der Waals surface area (Å²) in [6.07, 6.45) is 2.76. The third kappa shape index (κ3) is 7.50. The first-order valence-corrected chi connectivity index (χ1v) is 8.87. The molecule has 0 saturated carbocycles. The van der Waals surface area contributed by atoms with Crippen molar-refractivity contribution in [2.24, 2.45) is 10.4 Å². The molecule has 0 aliphatic carbocycles. The lowest BCUT2D eigenvalue weighted by Gasteiger charge is -2.26. The lowest BCUT2D eigenvalue weighted by molar-refractivity contribution is 0.359. The summed E-state index contributed by atoms with van der Waals surface area (Å²) < 4.78 is 0. The molecule has 2 aromatic rings. The van der Waals surface area contributed by atoms with Crippen LogP contribution < -0.4 is 10.6 Å². The van der Waals surface area contributed by atoms with E-state index < -0.39 is 0 Å². The molecule has 1 aromatic heterocycles. The standard InChI is InChI=1S/C20H27ClN4.HI/c1-15-7-6-10-23-18(15)13-24-19(22-4)25-14-20(2,3)12-16-8-5-9-17(21)11-16;/h5-11H,12-14H2,1-4H3,(H2,22,24,25);1H. The first-order chi connectivity index (χ1) is 11.9. The Morgan fingerprint density at radius 3 is 2.62 bits per heavy atom. The van der Waals surface area contributed by atoms with Gasteiger partial charge in [0.25, 0.3) is 0 Å². The number of aliphatic imine (C=N–C) groups is 1. The van der Waals surface area contributed by atoms with Crippen LogP contribution in [0.5, 0.6) is 0 Å². The second-order valence-corrected chi connectivity index (χ2v) is 7.45. The molecule has 26 heavy (non-hydrogen) atoms. The number of hydrogen-bond acceptors (Lipinski definition) is 2. The lowest BCUT2D eigenvalue weighted by atomic mass is 9.86. The van der Waals surface area contributed by atoms with Crippen LogP contribution in [0.4, 0.5) is 0 Å². The molecular weight excluding hydrogens is 459 g/mol. The molecule has 0 aliphatic rings. The van der Waals surface area contributed by atoms with Gasteiger partial charge in [0.15, 0.2) is 5.96 Å². The second-order valence-electron chi connectivity index (χ2n) is 7.02. The molecule has 0 spiro atoms. The van der Waals surface area contributed by atoms with Gasteiger partial charge in [0.1, 0.15) is 0 Å². The average Bonchev–Trinajstić information content (AvgIpc) is 2.56. The van der Waals surface area contributed by atoms with E-state index in [-0.39, 0.29) is 29.4 Å². The number of pyridine rings is 1. The number of halogens is 2. The first-order valence-electron chi connectivity index (χ1n) is 8.49.